The van der Waals surface area contributed by atoms with Crippen LogP contribution in [0.3, 0.4) is 0 Å². The molecule has 1 amide bonds. The van der Waals surface area contributed by atoms with Gasteiger partial charge in [-0.1, -0.05) is 6.07 Å². The monoisotopic (exact) mass is 398 g/mol. The predicted octanol–water partition coefficient (Wildman–Crippen LogP) is 3.09. The van der Waals surface area contributed by atoms with Gasteiger partial charge in [-0.3, -0.25) is 14.9 Å². The number of halogens is 3. The number of rotatable bonds is 7. The molecule has 2 rings (SSSR count). The summed E-state index contributed by atoms with van der Waals surface area (Å²) in [6, 6.07) is 8.04. The highest BCUT2D eigenvalue weighted by atomic mass is 19.4. The molecule has 0 aliphatic carbocycles. The maximum Gasteiger partial charge on any atom is 0.416 e. The summed E-state index contributed by atoms with van der Waals surface area (Å²) < 4.78 is 42.7. The standard InChI is InChI=1S/C18H17F3N2O5/c1-11-15(3-2-4-16(11)23(26)27)17(25)22-9-13(24)10-28-14-7-5-12(6-8-14)18(19,20)21/h2-8,13,24H,9-10H2,1H3,(H,22,25). The van der Waals surface area contributed by atoms with E-state index in [0.29, 0.717) is 0 Å². The fourth-order valence-electron chi connectivity index (χ4n) is 2.36. The van der Waals surface area contributed by atoms with Gasteiger partial charge in [-0.25, -0.2) is 0 Å². The Morgan fingerprint density at radius 2 is 1.89 bits per heavy atom. The molecule has 2 aromatic carbocycles. The number of ether oxygens (including phenoxy) is 1. The lowest BCUT2D eigenvalue weighted by atomic mass is 10.1. The van der Waals surface area contributed by atoms with Crippen LogP contribution in [0.25, 0.3) is 0 Å². The van der Waals surface area contributed by atoms with Crippen molar-refractivity contribution in [1.82, 2.24) is 5.32 Å². The van der Waals surface area contributed by atoms with E-state index in [2.05, 4.69) is 5.32 Å². The average Bonchev–Trinajstić information content (AvgIpc) is 2.64. The molecule has 0 saturated carbocycles. The van der Waals surface area contributed by atoms with Crippen LogP contribution in [0.5, 0.6) is 5.75 Å². The Labute approximate surface area is 157 Å². The van der Waals surface area contributed by atoms with E-state index in [0.717, 1.165) is 24.3 Å². The van der Waals surface area contributed by atoms with Crippen LogP contribution >= 0.6 is 0 Å². The van der Waals surface area contributed by atoms with Crippen LogP contribution < -0.4 is 10.1 Å². The topological polar surface area (TPSA) is 102 Å². The number of aliphatic hydroxyl groups is 1. The van der Waals surface area contributed by atoms with Crippen LogP contribution in [0.15, 0.2) is 42.5 Å². The summed E-state index contributed by atoms with van der Waals surface area (Å²) in [5.41, 5.74) is -0.718. The van der Waals surface area contributed by atoms with Crippen molar-refractivity contribution in [3.63, 3.8) is 0 Å². The first kappa shape index (κ1) is 21.2. The summed E-state index contributed by atoms with van der Waals surface area (Å²) in [7, 11) is 0. The molecule has 0 heterocycles. The Hall–Kier alpha value is -3.14. The number of alkyl halides is 3. The zero-order chi connectivity index (χ0) is 20.9. The van der Waals surface area contributed by atoms with Crippen LogP contribution in [-0.2, 0) is 6.18 Å². The smallest absolute Gasteiger partial charge is 0.416 e. The number of hydrogen-bond donors (Lipinski definition) is 2. The summed E-state index contributed by atoms with van der Waals surface area (Å²) >= 11 is 0. The summed E-state index contributed by atoms with van der Waals surface area (Å²) in [5.74, 6) is -0.470. The van der Waals surface area contributed by atoms with Crippen molar-refractivity contribution in [3.05, 3.63) is 69.3 Å². The Bertz CT molecular complexity index is 853. The molecule has 0 spiro atoms. The minimum Gasteiger partial charge on any atom is -0.491 e. The van der Waals surface area contributed by atoms with Crippen molar-refractivity contribution in [3.8, 4) is 5.75 Å². The molecule has 0 aliphatic rings. The number of carbonyl (C=O) groups is 1. The van der Waals surface area contributed by atoms with Crippen molar-refractivity contribution in [2.75, 3.05) is 13.2 Å². The molecule has 0 bridgehead atoms. The Morgan fingerprint density at radius 3 is 2.46 bits per heavy atom. The number of carbonyl (C=O) groups excluding carboxylic acids is 1. The van der Waals surface area contributed by atoms with E-state index < -0.39 is 28.7 Å². The number of hydrogen-bond acceptors (Lipinski definition) is 5. The molecule has 28 heavy (non-hydrogen) atoms. The zero-order valence-corrected chi connectivity index (χ0v) is 14.7. The second-order valence-corrected chi connectivity index (χ2v) is 5.90. The van der Waals surface area contributed by atoms with Gasteiger partial charge in [0.25, 0.3) is 11.6 Å². The summed E-state index contributed by atoms with van der Waals surface area (Å²) in [6.07, 6.45) is -5.59. The molecule has 1 unspecified atom stereocenters. The van der Waals surface area contributed by atoms with Gasteiger partial charge in [0.1, 0.15) is 18.5 Å². The summed E-state index contributed by atoms with van der Waals surface area (Å²) in [4.78, 5) is 22.5. The van der Waals surface area contributed by atoms with Gasteiger partial charge in [-0.15, -0.1) is 0 Å². The molecule has 7 nitrogen and oxygen atoms in total. The number of nitrogens with zero attached hydrogens (tertiary/aromatic N) is 1. The molecule has 150 valence electrons. The molecular formula is C18H17F3N2O5. The Morgan fingerprint density at radius 1 is 1.25 bits per heavy atom. The zero-order valence-electron chi connectivity index (χ0n) is 14.7. The van der Waals surface area contributed by atoms with Crippen molar-refractivity contribution in [1.29, 1.82) is 0 Å². The van der Waals surface area contributed by atoms with Crippen LogP contribution in [0.1, 0.15) is 21.5 Å². The first-order valence-corrected chi connectivity index (χ1v) is 8.10. The van der Waals surface area contributed by atoms with Crippen LogP contribution in [0.2, 0.25) is 0 Å². The fraction of sp³-hybridized carbons (Fsp3) is 0.278. The second-order valence-electron chi connectivity index (χ2n) is 5.90. The molecular weight excluding hydrogens is 381 g/mol. The number of nitro groups is 1. The van der Waals surface area contributed by atoms with Crippen LogP contribution in [0, 0.1) is 17.0 Å². The molecule has 2 N–H and O–H groups in total. The first-order valence-electron chi connectivity index (χ1n) is 8.10. The molecule has 0 aliphatic heterocycles. The highest BCUT2D eigenvalue weighted by Gasteiger charge is 2.30. The third-order valence-corrected chi connectivity index (χ3v) is 3.87. The van der Waals surface area contributed by atoms with E-state index in [1.54, 1.807) is 0 Å². The maximum atomic E-state index is 12.5. The molecule has 0 saturated heterocycles. The summed E-state index contributed by atoms with van der Waals surface area (Å²) in [6.45, 7) is 0.971. The van der Waals surface area contributed by atoms with Crippen molar-refractivity contribution >= 4 is 11.6 Å². The van der Waals surface area contributed by atoms with E-state index in [1.165, 1.54) is 25.1 Å². The minimum atomic E-state index is -4.45. The van der Waals surface area contributed by atoms with E-state index in [4.69, 9.17) is 4.74 Å². The average molecular weight is 398 g/mol. The molecule has 0 fully saturated rings. The largest absolute Gasteiger partial charge is 0.491 e. The number of benzene rings is 2. The highest BCUT2D eigenvalue weighted by molar-refractivity contribution is 5.96. The Kier molecular flexibility index (Phi) is 6.57. The van der Waals surface area contributed by atoms with E-state index >= 15 is 0 Å². The van der Waals surface area contributed by atoms with Crippen molar-refractivity contribution in [2.45, 2.75) is 19.2 Å². The van der Waals surface area contributed by atoms with Crippen LogP contribution in [0.4, 0.5) is 18.9 Å². The Balaban J connectivity index is 1.87. The lowest BCUT2D eigenvalue weighted by Crippen LogP contribution is -2.35. The van der Waals surface area contributed by atoms with Gasteiger partial charge >= 0.3 is 6.18 Å². The van der Waals surface area contributed by atoms with Crippen molar-refractivity contribution in [2.24, 2.45) is 0 Å². The molecule has 0 aromatic heterocycles. The molecule has 2 aromatic rings. The maximum absolute atomic E-state index is 12.5. The third kappa shape index (κ3) is 5.43. The second kappa shape index (κ2) is 8.70. The molecule has 10 heteroatoms. The lowest BCUT2D eigenvalue weighted by Gasteiger charge is -2.14. The predicted molar refractivity (Wildman–Crippen MR) is 93.1 cm³/mol. The number of nitro benzene ring substituents is 1. The van der Waals surface area contributed by atoms with E-state index in [1.807, 2.05) is 0 Å². The van der Waals surface area contributed by atoms with Gasteiger partial charge in [0.05, 0.1) is 10.5 Å². The van der Waals surface area contributed by atoms with Gasteiger partial charge in [0, 0.05) is 23.7 Å². The van der Waals surface area contributed by atoms with Gasteiger partial charge in [-0.2, -0.15) is 13.2 Å². The lowest BCUT2D eigenvalue weighted by molar-refractivity contribution is -0.385. The molecule has 0 radical (unpaired) electrons. The van der Waals surface area contributed by atoms with Gasteiger partial charge in [0.2, 0.25) is 0 Å². The van der Waals surface area contributed by atoms with Crippen LogP contribution in [-0.4, -0.2) is 35.2 Å². The highest BCUT2D eigenvalue weighted by Crippen LogP contribution is 2.30. The SMILES string of the molecule is Cc1c(C(=O)NCC(O)COc2ccc(C(F)(F)F)cc2)cccc1[N+](=O)[O-]. The normalized spacial score (nSPS) is 12.3. The van der Waals surface area contributed by atoms with Crippen molar-refractivity contribution < 1.29 is 32.7 Å². The first-order chi connectivity index (χ1) is 13.1. The fourth-order valence-corrected chi connectivity index (χ4v) is 2.36. The van der Waals surface area contributed by atoms with E-state index in [-0.39, 0.29) is 35.7 Å². The van der Waals surface area contributed by atoms with Gasteiger partial charge < -0.3 is 15.2 Å². The third-order valence-electron chi connectivity index (χ3n) is 3.87. The number of amides is 1. The molecule has 1 atom stereocenters. The quantitative estimate of drug-likeness (QED) is 0.551. The van der Waals surface area contributed by atoms with Gasteiger partial charge in [0.15, 0.2) is 0 Å². The van der Waals surface area contributed by atoms with E-state index in [9.17, 15) is 33.2 Å². The number of nitrogens with one attached hydrogen (secondary N) is 1. The van der Waals surface area contributed by atoms with Gasteiger partial charge in [-0.05, 0) is 37.3 Å². The minimum absolute atomic E-state index is 0.102. The number of aliphatic hydroxyl groups excluding tert-OH is 1. The summed E-state index contributed by atoms with van der Waals surface area (Å²) in [5, 5.41) is 23.2.